The van der Waals surface area contributed by atoms with Gasteiger partial charge in [0.15, 0.2) is 17.2 Å². The molecule has 39 heavy (non-hydrogen) atoms. The zero-order chi connectivity index (χ0) is 28.5. The first-order chi connectivity index (χ1) is 18.7. The molecule has 3 rings (SSSR count). The number of benzene rings is 2. The van der Waals surface area contributed by atoms with Crippen molar-refractivity contribution in [3.05, 3.63) is 70.2 Å². The number of nitrogens with zero attached hydrogens (tertiary/aromatic N) is 2. The molecule has 13 heteroatoms. The SMILES string of the molecule is CCOC(=O)CNC(=O)C(c1ccc(OC)c(OC)c1)N(Cc1ccccc1)C(=O)c1snc(C(N)=O)c1N. The molecule has 1 unspecified atom stereocenters. The molecule has 3 aromatic rings. The minimum atomic E-state index is -1.27. The second-order valence-electron chi connectivity index (χ2n) is 8.10. The molecule has 1 atom stereocenters. The van der Waals surface area contributed by atoms with Crippen LogP contribution in [0.25, 0.3) is 0 Å². The third-order valence-corrected chi connectivity index (χ3v) is 6.46. The number of rotatable bonds is 12. The van der Waals surface area contributed by atoms with Gasteiger partial charge in [-0.25, -0.2) is 0 Å². The smallest absolute Gasteiger partial charge is 0.325 e. The van der Waals surface area contributed by atoms with Crippen molar-refractivity contribution in [1.82, 2.24) is 14.6 Å². The Morgan fingerprint density at radius 3 is 2.33 bits per heavy atom. The lowest BCUT2D eigenvalue weighted by Gasteiger charge is -2.31. The molecule has 0 fully saturated rings. The summed E-state index contributed by atoms with van der Waals surface area (Å²) in [6.45, 7) is 1.33. The normalized spacial score (nSPS) is 11.3. The predicted molar refractivity (Wildman–Crippen MR) is 143 cm³/mol. The van der Waals surface area contributed by atoms with E-state index in [0.29, 0.717) is 34.2 Å². The van der Waals surface area contributed by atoms with Crippen LogP contribution in [-0.4, -0.2) is 60.3 Å². The van der Waals surface area contributed by atoms with Crippen molar-refractivity contribution in [3.63, 3.8) is 0 Å². The number of nitrogens with two attached hydrogens (primary N) is 2. The van der Waals surface area contributed by atoms with Crippen LogP contribution in [0, 0.1) is 0 Å². The Bertz CT molecular complexity index is 1350. The van der Waals surface area contributed by atoms with E-state index in [1.54, 1.807) is 49.4 Å². The summed E-state index contributed by atoms with van der Waals surface area (Å²) in [7, 11) is 2.91. The van der Waals surface area contributed by atoms with Gasteiger partial charge in [0.1, 0.15) is 17.5 Å². The number of aromatic nitrogens is 1. The quantitative estimate of drug-likeness (QED) is 0.282. The minimum absolute atomic E-state index is 0.0330. The number of primary amides is 1. The first-order valence-corrected chi connectivity index (χ1v) is 12.5. The standard InChI is InChI=1S/C26H29N5O7S/c1-4-38-19(32)13-29-25(34)22(16-10-11-17(36-2)18(12-16)37-3)31(14-15-8-6-5-7-9-15)26(35)23-20(27)21(24(28)33)30-39-23/h5-12,22H,4,13-14,27H2,1-3H3,(H2,28,33)(H,29,34). The molecule has 3 amide bonds. The van der Waals surface area contributed by atoms with Crippen molar-refractivity contribution >= 4 is 40.9 Å². The van der Waals surface area contributed by atoms with Crippen LogP contribution in [0.1, 0.15) is 44.3 Å². The van der Waals surface area contributed by atoms with Gasteiger partial charge in [-0.3, -0.25) is 19.2 Å². The van der Waals surface area contributed by atoms with Crippen molar-refractivity contribution in [2.24, 2.45) is 5.73 Å². The Morgan fingerprint density at radius 1 is 1.05 bits per heavy atom. The number of hydrogen-bond donors (Lipinski definition) is 3. The van der Waals surface area contributed by atoms with Gasteiger partial charge in [0.25, 0.3) is 11.8 Å². The lowest BCUT2D eigenvalue weighted by molar-refractivity contribution is -0.143. The van der Waals surface area contributed by atoms with Gasteiger partial charge < -0.3 is 35.9 Å². The molecule has 0 aliphatic carbocycles. The Balaban J connectivity index is 2.15. The van der Waals surface area contributed by atoms with Crippen LogP contribution in [-0.2, 0) is 20.9 Å². The number of carbonyl (C=O) groups is 4. The van der Waals surface area contributed by atoms with Crippen LogP contribution in [0.15, 0.2) is 48.5 Å². The van der Waals surface area contributed by atoms with Crippen molar-refractivity contribution in [3.8, 4) is 11.5 Å². The number of hydrogen-bond acceptors (Lipinski definition) is 10. The number of amides is 3. The maximum Gasteiger partial charge on any atom is 0.325 e. The van der Waals surface area contributed by atoms with Gasteiger partial charge in [0.2, 0.25) is 5.91 Å². The van der Waals surface area contributed by atoms with Crippen LogP contribution in [0.3, 0.4) is 0 Å². The molecule has 2 aromatic carbocycles. The lowest BCUT2D eigenvalue weighted by Crippen LogP contribution is -2.44. The van der Waals surface area contributed by atoms with Crippen molar-refractivity contribution < 1.29 is 33.4 Å². The Hall–Kier alpha value is -4.65. The molecule has 5 N–H and O–H groups in total. The highest BCUT2D eigenvalue weighted by molar-refractivity contribution is 7.09. The summed E-state index contributed by atoms with van der Waals surface area (Å²) in [6.07, 6.45) is 0. The summed E-state index contributed by atoms with van der Waals surface area (Å²) in [6, 6.07) is 12.4. The van der Waals surface area contributed by atoms with Gasteiger partial charge in [0.05, 0.1) is 26.5 Å². The highest BCUT2D eigenvalue weighted by atomic mass is 32.1. The lowest BCUT2D eigenvalue weighted by atomic mass is 10.0. The maximum absolute atomic E-state index is 14.0. The summed E-state index contributed by atoms with van der Waals surface area (Å²) in [5.41, 5.74) is 12.0. The molecular formula is C26H29N5O7S. The van der Waals surface area contributed by atoms with Gasteiger partial charge in [-0.1, -0.05) is 36.4 Å². The average Bonchev–Trinajstić information content (AvgIpc) is 3.33. The van der Waals surface area contributed by atoms with Crippen LogP contribution in [0.2, 0.25) is 0 Å². The number of anilines is 1. The van der Waals surface area contributed by atoms with E-state index in [1.807, 2.05) is 6.07 Å². The second kappa shape index (κ2) is 13.2. The summed E-state index contributed by atoms with van der Waals surface area (Å²) >= 11 is 0.697. The van der Waals surface area contributed by atoms with Gasteiger partial charge in [-0.2, -0.15) is 4.37 Å². The zero-order valence-electron chi connectivity index (χ0n) is 21.6. The number of nitrogen functional groups attached to an aromatic ring is 1. The van der Waals surface area contributed by atoms with Crippen LogP contribution in [0.4, 0.5) is 5.69 Å². The molecule has 1 aromatic heterocycles. The van der Waals surface area contributed by atoms with E-state index >= 15 is 0 Å². The van der Waals surface area contributed by atoms with E-state index in [1.165, 1.54) is 19.1 Å². The average molecular weight is 556 g/mol. The fourth-order valence-corrected chi connectivity index (χ4v) is 4.55. The van der Waals surface area contributed by atoms with E-state index in [9.17, 15) is 19.2 Å². The molecule has 0 aliphatic heterocycles. The highest BCUT2D eigenvalue weighted by Gasteiger charge is 2.35. The largest absolute Gasteiger partial charge is 0.493 e. The molecule has 12 nitrogen and oxygen atoms in total. The highest BCUT2D eigenvalue weighted by Crippen LogP contribution is 2.35. The van der Waals surface area contributed by atoms with Crippen LogP contribution < -0.4 is 26.3 Å². The van der Waals surface area contributed by atoms with Gasteiger partial charge in [0, 0.05) is 6.54 Å². The van der Waals surface area contributed by atoms with Crippen LogP contribution >= 0.6 is 11.5 Å². The molecule has 0 bridgehead atoms. The number of nitrogens with one attached hydrogen (secondary N) is 1. The number of carbonyl (C=O) groups excluding carboxylic acids is 4. The number of methoxy groups -OCH3 is 2. The van der Waals surface area contributed by atoms with Crippen molar-refractivity contribution in [1.29, 1.82) is 0 Å². The van der Waals surface area contributed by atoms with Crippen molar-refractivity contribution in [2.75, 3.05) is 33.1 Å². The van der Waals surface area contributed by atoms with Gasteiger partial charge in [-0.05, 0) is 41.7 Å². The second-order valence-corrected chi connectivity index (χ2v) is 8.87. The van der Waals surface area contributed by atoms with E-state index < -0.39 is 36.3 Å². The number of esters is 1. The van der Waals surface area contributed by atoms with Gasteiger partial charge in [-0.15, -0.1) is 0 Å². The Morgan fingerprint density at radius 2 is 1.74 bits per heavy atom. The van der Waals surface area contributed by atoms with Crippen LogP contribution in [0.5, 0.6) is 11.5 Å². The predicted octanol–water partition coefficient (Wildman–Crippen LogP) is 1.90. The fraction of sp³-hybridized carbons (Fsp3) is 0.269. The first-order valence-electron chi connectivity index (χ1n) is 11.8. The van der Waals surface area contributed by atoms with E-state index in [4.69, 9.17) is 25.7 Å². The summed E-state index contributed by atoms with van der Waals surface area (Å²) in [4.78, 5) is 52.6. The third kappa shape index (κ3) is 6.82. The Kier molecular flexibility index (Phi) is 9.81. The Labute approximate surface area is 229 Å². The fourth-order valence-electron chi connectivity index (χ4n) is 3.78. The minimum Gasteiger partial charge on any atom is -0.493 e. The molecule has 0 saturated heterocycles. The summed E-state index contributed by atoms with van der Waals surface area (Å²) in [5, 5.41) is 2.55. The van der Waals surface area contributed by atoms with E-state index in [2.05, 4.69) is 9.69 Å². The number of ether oxygens (including phenoxy) is 3. The van der Waals surface area contributed by atoms with Crippen molar-refractivity contribution in [2.45, 2.75) is 19.5 Å². The molecule has 0 aliphatic rings. The first kappa shape index (κ1) is 28.9. The van der Waals surface area contributed by atoms with E-state index in [-0.39, 0.29) is 29.4 Å². The maximum atomic E-state index is 14.0. The van der Waals surface area contributed by atoms with E-state index in [0.717, 1.165) is 0 Å². The topological polar surface area (TPSA) is 176 Å². The van der Waals surface area contributed by atoms with Gasteiger partial charge >= 0.3 is 5.97 Å². The zero-order valence-corrected chi connectivity index (χ0v) is 22.4. The summed E-state index contributed by atoms with van der Waals surface area (Å²) < 4.78 is 19.6. The summed E-state index contributed by atoms with van der Waals surface area (Å²) in [5.74, 6) is -2.15. The molecule has 0 spiro atoms. The monoisotopic (exact) mass is 555 g/mol. The molecular weight excluding hydrogens is 526 g/mol. The third-order valence-electron chi connectivity index (χ3n) is 5.61. The molecule has 0 saturated carbocycles. The molecule has 0 radical (unpaired) electrons. The molecule has 1 heterocycles. The molecule has 206 valence electrons.